The van der Waals surface area contributed by atoms with Gasteiger partial charge < -0.3 is 10.4 Å². The van der Waals surface area contributed by atoms with Gasteiger partial charge in [0.15, 0.2) is 0 Å². The smallest absolute Gasteiger partial charge is 0.224 e. The van der Waals surface area contributed by atoms with Gasteiger partial charge in [0.2, 0.25) is 5.95 Å². The van der Waals surface area contributed by atoms with Crippen LogP contribution in [0, 0.1) is 5.92 Å². The Kier molecular flexibility index (Phi) is 2.93. The third kappa shape index (κ3) is 2.20. The zero-order chi connectivity index (χ0) is 9.80. The van der Waals surface area contributed by atoms with Crippen molar-refractivity contribution < 1.29 is 5.11 Å². The third-order valence-electron chi connectivity index (χ3n) is 2.69. The van der Waals surface area contributed by atoms with Gasteiger partial charge in [-0.2, -0.15) is 0 Å². The second kappa shape index (κ2) is 4.37. The number of nitrogens with zero attached hydrogens (tertiary/aromatic N) is 2. The number of nitrogens with one attached hydrogen (secondary N) is 1. The lowest BCUT2D eigenvalue weighted by Crippen LogP contribution is -2.27. The van der Waals surface area contributed by atoms with Crippen LogP contribution in [-0.2, 0) is 0 Å². The first-order valence-corrected chi connectivity index (χ1v) is 5.08. The summed E-state index contributed by atoms with van der Waals surface area (Å²) in [6, 6.07) is 1.76. The molecule has 0 aliphatic heterocycles. The van der Waals surface area contributed by atoms with Crippen LogP contribution >= 0.6 is 0 Å². The SMILES string of the molecule is OC(Nc1ncccn1)C1CCCC1. The molecule has 76 valence electrons. The molecular weight excluding hydrogens is 178 g/mol. The Bertz CT molecular complexity index is 272. The summed E-state index contributed by atoms with van der Waals surface area (Å²) in [5.41, 5.74) is 0. The van der Waals surface area contributed by atoms with Gasteiger partial charge in [0, 0.05) is 18.3 Å². The number of hydrogen-bond acceptors (Lipinski definition) is 4. The van der Waals surface area contributed by atoms with Crippen LogP contribution in [0.15, 0.2) is 18.5 Å². The molecule has 1 aromatic heterocycles. The maximum Gasteiger partial charge on any atom is 0.224 e. The van der Waals surface area contributed by atoms with E-state index in [-0.39, 0.29) is 0 Å². The molecule has 1 fully saturated rings. The second-order valence-electron chi connectivity index (χ2n) is 3.71. The van der Waals surface area contributed by atoms with Gasteiger partial charge in [-0.05, 0) is 18.9 Å². The first kappa shape index (κ1) is 9.40. The monoisotopic (exact) mass is 193 g/mol. The van der Waals surface area contributed by atoms with Crippen molar-refractivity contribution >= 4 is 5.95 Å². The number of aliphatic hydroxyl groups excluding tert-OH is 1. The van der Waals surface area contributed by atoms with E-state index in [1.165, 1.54) is 12.8 Å². The normalized spacial score (nSPS) is 19.5. The minimum absolute atomic E-state index is 0.360. The molecule has 0 bridgehead atoms. The summed E-state index contributed by atoms with van der Waals surface area (Å²) in [6.07, 6.45) is 7.47. The van der Waals surface area contributed by atoms with E-state index in [0.29, 0.717) is 11.9 Å². The third-order valence-corrected chi connectivity index (χ3v) is 2.69. The van der Waals surface area contributed by atoms with Crippen molar-refractivity contribution in [3.63, 3.8) is 0 Å². The summed E-state index contributed by atoms with van der Waals surface area (Å²) >= 11 is 0. The Balaban J connectivity index is 1.90. The molecule has 0 aromatic carbocycles. The summed E-state index contributed by atoms with van der Waals surface area (Å²) in [7, 11) is 0. The van der Waals surface area contributed by atoms with Crippen LogP contribution in [0.1, 0.15) is 25.7 Å². The lowest BCUT2D eigenvalue weighted by molar-refractivity contribution is 0.136. The van der Waals surface area contributed by atoms with Gasteiger partial charge in [0.05, 0.1) is 0 Å². The van der Waals surface area contributed by atoms with Gasteiger partial charge in [-0.3, -0.25) is 0 Å². The molecule has 4 heteroatoms. The molecule has 0 spiro atoms. The maximum absolute atomic E-state index is 9.81. The number of hydrogen-bond donors (Lipinski definition) is 2. The fourth-order valence-corrected chi connectivity index (χ4v) is 1.90. The minimum Gasteiger partial charge on any atom is -0.373 e. The molecule has 1 atom stereocenters. The highest BCUT2D eigenvalue weighted by Crippen LogP contribution is 2.27. The fraction of sp³-hybridized carbons (Fsp3) is 0.600. The van der Waals surface area contributed by atoms with Crippen molar-refractivity contribution in [3.05, 3.63) is 18.5 Å². The van der Waals surface area contributed by atoms with Crippen molar-refractivity contribution in [3.8, 4) is 0 Å². The van der Waals surface area contributed by atoms with Gasteiger partial charge in [0.1, 0.15) is 6.23 Å². The fourth-order valence-electron chi connectivity index (χ4n) is 1.90. The van der Waals surface area contributed by atoms with Crippen molar-refractivity contribution in [1.29, 1.82) is 0 Å². The first-order valence-electron chi connectivity index (χ1n) is 5.08. The van der Waals surface area contributed by atoms with Crippen LogP contribution < -0.4 is 5.32 Å². The number of anilines is 1. The summed E-state index contributed by atoms with van der Waals surface area (Å²) in [4.78, 5) is 8.02. The van der Waals surface area contributed by atoms with Gasteiger partial charge in [0.25, 0.3) is 0 Å². The molecule has 14 heavy (non-hydrogen) atoms. The average molecular weight is 193 g/mol. The number of aromatic nitrogens is 2. The number of aliphatic hydroxyl groups is 1. The van der Waals surface area contributed by atoms with Gasteiger partial charge >= 0.3 is 0 Å². The van der Waals surface area contributed by atoms with E-state index in [0.717, 1.165) is 12.8 Å². The standard InChI is InChI=1S/C10H15N3O/c14-9(8-4-1-2-5-8)13-10-11-6-3-7-12-10/h3,6-9,14H,1-2,4-5H2,(H,11,12,13). The molecule has 4 nitrogen and oxygen atoms in total. The predicted octanol–water partition coefficient (Wildman–Crippen LogP) is 1.40. The molecule has 0 amide bonds. The molecule has 1 unspecified atom stereocenters. The molecule has 1 saturated carbocycles. The Morgan fingerprint density at radius 2 is 1.93 bits per heavy atom. The van der Waals surface area contributed by atoms with Crippen LogP contribution in [-0.4, -0.2) is 21.3 Å². The molecule has 1 aliphatic carbocycles. The Labute approximate surface area is 83.4 Å². The van der Waals surface area contributed by atoms with E-state index in [1.807, 2.05) is 0 Å². The van der Waals surface area contributed by atoms with E-state index in [2.05, 4.69) is 15.3 Å². The second-order valence-corrected chi connectivity index (χ2v) is 3.71. The largest absolute Gasteiger partial charge is 0.373 e. The quantitative estimate of drug-likeness (QED) is 0.712. The zero-order valence-corrected chi connectivity index (χ0v) is 8.06. The summed E-state index contributed by atoms with van der Waals surface area (Å²) in [5, 5.41) is 12.7. The van der Waals surface area contributed by atoms with Gasteiger partial charge in [-0.25, -0.2) is 9.97 Å². The lowest BCUT2D eigenvalue weighted by Gasteiger charge is -2.18. The molecule has 0 radical (unpaired) electrons. The Hall–Kier alpha value is -1.16. The van der Waals surface area contributed by atoms with Crippen molar-refractivity contribution in [2.24, 2.45) is 5.92 Å². The number of rotatable bonds is 3. The van der Waals surface area contributed by atoms with Gasteiger partial charge in [-0.1, -0.05) is 12.8 Å². The van der Waals surface area contributed by atoms with Crippen LogP contribution in [0.4, 0.5) is 5.95 Å². The van der Waals surface area contributed by atoms with Crippen molar-refractivity contribution in [1.82, 2.24) is 9.97 Å². The highest BCUT2D eigenvalue weighted by Gasteiger charge is 2.23. The molecule has 1 aliphatic rings. The summed E-state index contributed by atoms with van der Waals surface area (Å²) < 4.78 is 0. The highest BCUT2D eigenvalue weighted by molar-refractivity contribution is 5.23. The van der Waals surface area contributed by atoms with Crippen LogP contribution in [0.5, 0.6) is 0 Å². The Morgan fingerprint density at radius 3 is 2.57 bits per heavy atom. The zero-order valence-electron chi connectivity index (χ0n) is 8.06. The van der Waals surface area contributed by atoms with Crippen LogP contribution in [0.25, 0.3) is 0 Å². The average Bonchev–Trinajstić information content (AvgIpc) is 2.72. The molecule has 1 aromatic rings. The maximum atomic E-state index is 9.81. The van der Waals surface area contributed by atoms with Crippen LogP contribution in [0.3, 0.4) is 0 Å². The van der Waals surface area contributed by atoms with Gasteiger partial charge in [-0.15, -0.1) is 0 Å². The summed E-state index contributed by atoms with van der Waals surface area (Å²) in [5.74, 6) is 0.866. The molecule has 2 N–H and O–H groups in total. The van der Waals surface area contributed by atoms with Crippen molar-refractivity contribution in [2.75, 3.05) is 5.32 Å². The Morgan fingerprint density at radius 1 is 1.29 bits per heavy atom. The predicted molar refractivity (Wildman–Crippen MR) is 53.6 cm³/mol. The lowest BCUT2D eigenvalue weighted by atomic mass is 10.1. The topological polar surface area (TPSA) is 58.0 Å². The highest BCUT2D eigenvalue weighted by atomic mass is 16.3. The van der Waals surface area contributed by atoms with Crippen molar-refractivity contribution in [2.45, 2.75) is 31.9 Å². The minimum atomic E-state index is -0.500. The molecule has 2 rings (SSSR count). The molecular formula is C10H15N3O. The first-order chi connectivity index (χ1) is 6.86. The molecule has 0 saturated heterocycles. The van der Waals surface area contributed by atoms with Crippen LogP contribution in [0.2, 0.25) is 0 Å². The van der Waals surface area contributed by atoms with E-state index in [9.17, 15) is 5.11 Å². The van der Waals surface area contributed by atoms with E-state index in [4.69, 9.17) is 0 Å². The molecule has 1 heterocycles. The van der Waals surface area contributed by atoms with E-state index in [1.54, 1.807) is 18.5 Å². The van der Waals surface area contributed by atoms with E-state index >= 15 is 0 Å². The summed E-state index contributed by atoms with van der Waals surface area (Å²) in [6.45, 7) is 0. The van der Waals surface area contributed by atoms with E-state index < -0.39 is 6.23 Å².